The fourth-order valence-electron chi connectivity index (χ4n) is 2.92. The van der Waals surface area contributed by atoms with E-state index in [0.29, 0.717) is 6.42 Å². The quantitative estimate of drug-likeness (QED) is 0.630. The van der Waals surface area contributed by atoms with Crippen molar-refractivity contribution >= 4 is 22.9 Å². The number of amides is 1. The van der Waals surface area contributed by atoms with Gasteiger partial charge in [0.2, 0.25) is 5.91 Å². The van der Waals surface area contributed by atoms with Crippen LogP contribution in [0, 0.1) is 6.92 Å². The Labute approximate surface area is 158 Å². The maximum Gasteiger partial charge on any atom is 0.307 e. The summed E-state index contributed by atoms with van der Waals surface area (Å²) in [5.41, 5.74) is 3.84. The summed E-state index contributed by atoms with van der Waals surface area (Å²) < 4.78 is 4.77. The topological polar surface area (TPSA) is 84.1 Å². The number of hydrogen-bond acceptors (Lipinski definition) is 4. The Morgan fingerprint density at radius 1 is 1.15 bits per heavy atom. The van der Waals surface area contributed by atoms with E-state index in [1.165, 1.54) is 7.11 Å². The summed E-state index contributed by atoms with van der Waals surface area (Å²) in [7, 11) is 1.35. The van der Waals surface area contributed by atoms with Crippen molar-refractivity contribution in [2.75, 3.05) is 7.11 Å². The SMILES string of the molecule is COC(=O)C[C@@H](NC(=O)CCc1nc2ccccc2[nH]1)c1ccc(C)cc1. The normalized spacial score (nSPS) is 11.9. The fourth-order valence-corrected chi connectivity index (χ4v) is 2.92. The number of para-hydroxylation sites is 2. The Hall–Kier alpha value is -3.15. The number of nitrogens with zero attached hydrogens (tertiary/aromatic N) is 1. The molecule has 1 atom stereocenters. The number of aromatic nitrogens is 2. The molecule has 0 spiro atoms. The molecule has 3 rings (SSSR count). The number of benzene rings is 2. The summed E-state index contributed by atoms with van der Waals surface area (Å²) in [6, 6.07) is 15.1. The van der Waals surface area contributed by atoms with Gasteiger partial charge >= 0.3 is 5.97 Å². The second-order valence-electron chi connectivity index (χ2n) is 6.51. The molecule has 0 aliphatic carbocycles. The smallest absolute Gasteiger partial charge is 0.307 e. The van der Waals surface area contributed by atoms with Gasteiger partial charge in [-0.1, -0.05) is 42.0 Å². The summed E-state index contributed by atoms with van der Waals surface area (Å²) in [4.78, 5) is 31.9. The molecule has 0 bridgehead atoms. The molecule has 6 nitrogen and oxygen atoms in total. The predicted molar refractivity (Wildman–Crippen MR) is 103 cm³/mol. The lowest BCUT2D eigenvalue weighted by atomic mass is 10.0. The van der Waals surface area contributed by atoms with Gasteiger partial charge in [-0.25, -0.2) is 4.98 Å². The molecule has 3 aromatic rings. The molecule has 1 aromatic heterocycles. The van der Waals surface area contributed by atoms with Gasteiger partial charge in [0.1, 0.15) is 5.82 Å². The van der Waals surface area contributed by atoms with Crippen LogP contribution in [0.2, 0.25) is 0 Å². The van der Waals surface area contributed by atoms with Crippen LogP contribution >= 0.6 is 0 Å². The van der Waals surface area contributed by atoms with Crippen molar-refractivity contribution in [1.82, 2.24) is 15.3 Å². The number of aryl methyl sites for hydroxylation is 2. The third-order valence-electron chi connectivity index (χ3n) is 4.44. The number of fused-ring (bicyclic) bond motifs is 1. The summed E-state index contributed by atoms with van der Waals surface area (Å²) in [6.45, 7) is 1.99. The average Bonchev–Trinajstić information content (AvgIpc) is 3.09. The zero-order valence-electron chi connectivity index (χ0n) is 15.5. The Morgan fingerprint density at radius 2 is 1.89 bits per heavy atom. The molecule has 0 aliphatic rings. The molecule has 0 radical (unpaired) electrons. The van der Waals surface area contributed by atoms with E-state index in [4.69, 9.17) is 4.74 Å². The summed E-state index contributed by atoms with van der Waals surface area (Å²) >= 11 is 0. The fraction of sp³-hybridized carbons (Fsp3) is 0.286. The van der Waals surface area contributed by atoms with Gasteiger partial charge in [0.05, 0.1) is 30.6 Å². The average molecular weight is 365 g/mol. The van der Waals surface area contributed by atoms with Gasteiger partial charge in [-0.05, 0) is 24.6 Å². The first-order valence-corrected chi connectivity index (χ1v) is 8.91. The summed E-state index contributed by atoms with van der Waals surface area (Å²) in [5, 5.41) is 2.94. The molecule has 1 heterocycles. The molecule has 6 heteroatoms. The van der Waals surface area contributed by atoms with Crippen LogP contribution in [0.3, 0.4) is 0 Å². The van der Waals surface area contributed by atoms with Crippen molar-refractivity contribution in [2.24, 2.45) is 0 Å². The predicted octanol–water partition coefficient (Wildman–Crippen LogP) is 3.22. The minimum atomic E-state index is -0.416. The first kappa shape index (κ1) is 18.6. The minimum Gasteiger partial charge on any atom is -0.469 e. The molecule has 0 saturated carbocycles. The van der Waals surface area contributed by atoms with Crippen LogP contribution in [0.4, 0.5) is 0 Å². The Morgan fingerprint density at radius 3 is 2.59 bits per heavy atom. The summed E-state index contributed by atoms with van der Waals surface area (Å²) in [5.74, 6) is 0.272. The lowest BCUT2D eigenvalue weighted by Gasteiger charge is -2.18. The molecule has 1 amide bonds. The molecule has 27 heavy (non-hydrogen) atoms. The maximum absolute atomic E-state index is 12.4. The number of carbonyl (C=O) groups is 2. The number of esters is 1. The second-order valence-corrected chi connectivity index (χ2v) is 6.51. The number of carbonyl (C=O) groups excluding carboxylic acids is 2. The van der Waals surface area contributed by atoms with Gasteiger partial charge in [-0.15, -0.1) is 0 Å². The summed E-state index contributed by atoms with van der Waals surface area (Å²) in [6.07, 6.45) is 0.874. The Balaban J connectivity index is 1.64. The highest BCUT2D eigenvalue weighted by Crippen LogP contribution is 2.19. The number of rotatable bonds is 7. The maximum atomic E-state index is 12.4. The lowest BCUT2D eigenvalue weighted by Crippen LogP contribution is -2.30. The van der Waals surface area contributed by atoms with Crippen LogP contribution in [-0.2, 0) is 20.7 Å². The number of aromatic amines is 1. The Bertz CT molecular complexity index is 898. The van der Waals surface area contributed by atoms with Crippen molar-refractivity contribution in [3.05, 3.63) is 65.5 Å². The van der Waals surface area contributed by atoms with Crippen LogP contribution in [0.1, 0.15) is 35.8 Å². The van der Waals surface area contributed by atoms with Gasteiger partial charge in [0.15, 0.2) is 0 Å². The minimum absolute atomic E-state index is 0.0932. The largest absolute Gasteiger partial charge is 0.469 e. The highest BCUT2D eigenvalue weighted by atomic mass is 16.5. The molecule has 0 unspecified atom stereocenters. The standard InChI is InChI=1S/C21H23N3O3/c1-14-7-9-15(10-8-14)18(13-21(26)27-2)24-20(25)12-11-19-22-16-5-3-4-6-17(16)23-19/h3-10,18H,11-13H2,1-2H3,(H,22,23)(H,24,25)/t18-/m1/s1. The number of ether oxygens (including phenoxy) is 1. The number of nitrogens with one attached hydrogen (secondary N) is 2. The molecule has 2 N–H and O–H groups in total. The first-order chi connectivity index (χ1) is 13.0. The van der Waals surface area contributed by atoms with Crippen LogP contribution in [0.5, 0.6) is 0 Å². The Kier molecular flexibility index (Phi) is 5.86. The number of imidazole rings is 1. The second kappa shape index (κ2) is 8.49. The van der Waals surface area contributed by atoms with Crippen LogP contribution < -0.4 is 5.32 Å². The highest BCUT2D eigenvalue weighted by molar-refractivity contribution is 5.79. The van der Waals surface area contributed by atoms with E-state index in [2.05, 4.69) is 15.3 Å². The van der Waals surface area contributed by atoms with Crippen molar-refractivity contribution in [1.29, 1.82) is 0 Å². The van der Waals surface area contributed by atoms with E-state index < -0.39 is 6.04 Å². The first-order valence-electron chi connectivity index (χ1n) is 8.91. The van der Waals surface area contributed by atoms with Gasteiger partial charge < -0.3 is 15.0 Å². The van der Waals surface area contributed by atoms with Crippen LogP contribution in [-0.4, -0.2) is 29.0 Å². The monoisotopic (exact) mass is 365 g/mol. The van der Waals surface area contributed by atoms with Crippen LogP contribution in [0.15, 0.2) is 48.5 Å². The van der Waals surface area contributed by atoms with E-state index >= 15 is 0 Å². The third kappa shape index (κ3) is 4.94. The zero-order valence-corrected chi connectivity index (χ0v) is 15.5. The van der Waals surface area contributed by atoms with Crippen molar-refractivity contribution in [2.45, 2.75) is 32.2 Å². The van der Waals surface area contributed by atoms with Crippen molar-refractivity contribution in [3.63, 3.8) is 0 Å². The van der Waals surface area contributed by atoms with Gasteiger partial charge in [-0.3, -0.25) is 9.59 Å². The number of methoxy groups -OCH3 is 1. The number of hydrogen-bond donors (Lipinski definition) is 2. The third-order valence-corrected chi connectivity index (χ3v) is 4.44. The zero-order chi connectivity index (χ0) is 19.2. The molecule has 0 fully saturated rings. The lowest BCUT2D eigenvalue weighted by molar-refractivity contribution is -0.141. The van der Waals surface area contributed by atoms with Gasteiger partial charge in [0, 0.05) is 12.8 Å². The molecule has 140 valence electrons. The molecular weight excluding hydrogens is 342 g/mol. The molecule has 0 saturated heterocycles. The van der Waals surface area contributed by atoms with E-state index in [1.807, 2.05) is 55.5 Å². The van der Waals surface area contributed by atoms with E-state index in [9.17, 15) is 9.59 Å². The van der Waals surface area contributed by atoms with Crippen molar-refractivity contribution < 1.29 is 14.3 Å². The molecule has 0 aliphatic heterocycles. The van der Waals surface area contributed by atoms with Gasteiger partial charge in [-0.2, -0.15) is 0 Å². The highest BCUT2D eigenvalue weighted by Gasteiger charge is 2.19. The van der Waals surface area contributed by atoms with Crippen molar-refractivity contribution in [3.8, 4) is 0 Å². The van der Waals surface area contributed by atoms with E-state index in [0.717, 1.165) is 28.0 Å². The van der Waals surface area contributed by atoms with Gasteiger partial charge in [0.25, 0.3) is 0 Å². The molecule has 2 aromatic carbocycles. The number of H-pyrrole nitrogens is 1. The molecular formula is C21H23N3O3. The van der Waals surface area contributed by atoms with E-state index in [1.54, 1.807) is 0 Å². The van der Waals surface area contributed by atoms with E-state index in [-0.39, 0.29) is 24.7 Å². The van der Waals surface area contributed by atoms with Crippen LogP contribution in [0.25, 0.3) is 11.0 Å².